The Bertz CT molecular complexity index is 949. The highest BCUT2D eigenvalue weighted by atomic mass is 32.2. The summed E-state index contributed by atoms with van der Waals surface area (Å²) >= 11 is 2.67. The molecule has 2 aromatic carbocycles. The van der Waals surface area contributed by atoms with Crippen LogP contribution in [0.2, 0.25) is 0 Å². The van der Waals surface area contributed by atoms with E-state index in [2.05, 4.69) is 15.5 Å². The fourth-order valence-electron chi connectivity index (χ4n) is 2.32. The number of carbonyl (C=O) groups excluding carboxylic acids is 1. The van der Waals surface area contributed by atoms with Gasteiger partial charge >= 0.3 is 0 Å². The topological polar surface area (TPSA) is 73.3 Å². The molecule has 0 saturated heterocycles. The number of ether oxygens (including phenoxy) is 2. The third kappa shape index (κ3) is 4.75. The van der Waals surface area contributed by atoms with E-state index in [0.29, 0.717) is 32.3 Å². The molecule has 3 rings (SSSR count). The van der Waals surface area contributed by atoms with Gasteiger partial charge < -0.3 is 9.47 Å². The molecule has 0 spiro atoms. The standard InChI is InChI=1S/C18H16FN3O3S2/c1-24-14-8-4-7-13(15(14)25-2)16(23)20-17-21-22-18(27-17)26-10-11-5-3-6-12(19)9-11/h3-9H,10H2,1-2H3,(H,20,21,23). The summed E-state index contributed by atoms with van der Waals surface area (Å²) in [6.45, 7) is 0. The number of methoxy groups -OCH3 is 2. The smallest absolute Gasteiger partial charge is 0.261 e. The summed E-state index contributed by atoms with van der Waals surface area (Å²) in [6, 6.07) is 11.4. The van der Waals surface area contributed by atoms with Crippen molar-refractivity contribution >= 4 is 34.1 Å². The van der Waals surface area contributed by atoms with E-state index in [4.69, 9.17) is 9.47 Å². The zero-order chi connectivity index (χ0) is 19.2. The largest absolute Gasteiger partial charge is 0.493 e. The molecule has 140 valence electrons. The quantitative estimate of drug-likeness (QED) is 0.468. The number of hydrogen-bond acceptors (Lipinski definition) is 7. The molecule has 0 saturated carbocycles. The van der Waals surface area contributed by atoms with Crippen molar-refractivity contribution in [1.82, 2.24) is 10.2 Å². The fraction of sp³-hybridized carbons (Fsp3) is 0.167. The fourth-order valence-corrected chi connectivity index (χ4v) is 4.01. The number of benzene rings is 2. The van der Waals surface area contributed by atoms with Crippen LogP contribution in [0.25, 0.3) is 0 Å². The molecule has 0 aliphatic heterocycles. The Morgan fingerprint density at radius 2 is 2.00 bits per heavy atom. The van der Waals surface area contributed by atoms with Crippen molar-refractivity contribution in [2.75, 3.05) is 19.5 Å². The van der Waals surface area contributed by atoms with Crippen LogP contribution in [0.15, 0.2) is 46.8 Å². The molecule has 0 atom stereocenters. The lowest BCUT2D eigenvalue weighted by Gasteiger charge is -2.11. The Kier molecular flexibility index (Phi) is 6.25. The Morgan fingerprint density at radius 3 is 2.74 bits per heavy atom. The molecule has 1 aromatic heterocycles. The van der Waals surface area contributed by atoms with Gasteiger partial charge in [0.15, 0.2) is 15.8 Å². The number of halogens is 1. The number of nitrogens with zero attached hydrogens (tertiary/aromatic N) is 2. The lowest BCUT2D eigenvalue weighted by atomic mass is 10.1. The zero-order valence-corrected chi connectivity index (χ0v) is 16.2. The van der Waals surface area contributed by atoms with Crippen LogP contribution in [0.1, 0.15) is 15.9 Å². The first kappa shape index (κ1) is 19.1. The highest BCUT2D eigenvalue weighted by Gasteiger charge is 2.18. The second kappa shape index (κ2) is 8.83. The number of nitrogens with one attached hydrogen (secondary N) is 1. The Balaban J connectivity index is 1.66. The molecule has 9 heteroatoms. The van der Waals surface area contributed by atoms with Gasteiger partial charge in [-0.1, -0.05) is 41.3 Å². The molecule has 1 amide bonds. The first-order valence-corrected chi connectivity index (χ1v) is 9.64. The number of amides is 1. The van der Waals surface area contributed by atoms with E-state index in [1.165, 1.54) is 49.5 Å². The second-order valence-corrected chi connectivity index (χ2v) is 7.49. The van der Waals surface area contributed by atoms with Gasteiger partial charge in [0.25, 0.3) is 5.91 Å². The third-order valence-electron chi connectivity index (χ3n) is 3.53. The van der Waals surface area contributed by atoms with Crippen molar-refractivity contribution in [3.63, 3.8) is 0 Å². The van der Waals surface area contributed by atoms with Crippen LogP contribution < -0.4 is 14.8 Å². The van der Waals surface area contributed by atoms with Crippen LogP contribution in [0.4, 0.5) is 9.52 Å². The molecule has 0 aliphatic rings. The highest BCUT2D eigenvalue weighted by Crippen LogP contribution is 2.32. The van der Waals surface area contributed by atoms with Gasteiger partial charge in [-0.25, -0.2) is 4.39 Å². The Labute approximate surface area is 163 Å². The van der Waals surface area contributed by atoms with Gasteiger partial charge in [0.1, 0.15) is 5.82 Å². The van der Waals surface area contributed by atoms with Crippen LogP contribution >= 0.6 is 23.1 Å². The molecule has 1 heterocycles. The van der Waals surface area contributed by atoms with Gasteiger partial charge in [-0.3, -0.25) is 10.1 Å². The molecule has 0 unspecified atom stereocenters. The van der Waals surface area contributed by atoms with E-state index in [1.807, 2.05) is 6.07 Å². The molecule has 0 fully saturated rings. The average Bonchev–Trinajstić information content (AvgIpc) is 3.13. The third-order valence-corrected chi connectivity index (χ3v) is 5.57. The summed E-state index contributed by atoms with van der Waals surface area (Å²) in [6.07, 6.45) is 0. The van der Waals surface area contributed by atoms with Gasteiger partial charge in [0.05, 0.1) is 19.8 Å². The Hall–Kier alpha value is -2.65. The SMILES string of the molecule is COc1cccc(C(=O)Nc2nnc(SCc3cccc(F)c3)s2)c1OC. The number of aromatic nitrogens is 2. The number of thioether (sulfide) groups is 1. The molecule has 0 aliphatic carbocycles. The summed E-state index contributed by atoms with van der Waals surface area (Å²) in [5, 5.41) is 11.1. The summed E-state index contributed by atoms with van der Waals surface area (Å²) in [5.74, 6) is 0.731. The minimum Gasteiger partial charge on any atom is -0.493 e. The van der Waals surface area contributed by atoms with Crippen LogP contribution in [0.3, 0.4) is 0 Å². The number of rotatable bonds is 7. The molecular formula is C18H16FN3O3S2. The van der Waals surface area contributed by atoms with Crippen LogP contribution in [0, 0.1) is 5.82 Å². The maximum absolute atomic E-state index is 13.2. The van der Waals surface area contributed by atoms with E-state index in [9.17, 15) is 9.18 Å². The zero-order valence-electron chi connectivity index (χ0n) is 14.6. The summed E-state index contributed by atoms with van der Waals surface area (Å²) in [7, 11) is 2.98. The second-order valence-electron chi connectivity index (χ2n) is 5.29. The van der Waals surface area contributed by atoms with Crippen LogP contribution in [0.5, 0.6) is 11.5 Å². The predicted octanol–water partition coefficient (Wildman–Crippen LogP) is 4.24. The van der Waals surface area contributed by atoms with E-state index in [1.54, 1.807) is 24.3 Å². The van der Waals surface area contributed by atoms with Crippen molar-refractivity contribution in [3.05, 3.63) is 59.4 Å². The van der Waals surface area contributed by atoms with Crippen LogP contribution in [-0.2, 0) is 5.75 Å². The molecule has 0 radical (unpaired) electrons. The number of para-hydroxylation sites is 1. The van der Waals surface area contributed by atoms with E-state index < -0.39 is 0 Å². The number of anilines is 1. The van der Waals surface area contributed by atoms with Crippen molar-refractivity contribution in [2.24, 2.45) is 0 Å². The maximum Gasteiger partial charge on any atom is 0.261 e. The first-order valence-electron chi connectivity index (χ1n) is 7.84. The molecule has 3 aromatic rings. The van der Waals surface area contributed by atoms with Crippen molar-refractivity contribution in [1.29, 1.82) is 0 Å². The Morgan fingerprint density at radius 1 is 1.19 bits per heavy atom. The maximum atomic E-state index is 13.2. The number of carbonyl (C=O) groups is 1. The molecule has 1 N–H and O–H groups in total. The minimum atomic E-state index is -0.372. The molecule has 27 heavy (non-hydrogen) atoms. The number of hydrogen-bond donors (Lipinski definition) is 1. The normalized spacial score (nSPS) is 10.5. The van der Waals surface area contributed by atoms with E-state index in [-0.39, 0.29) is 11.7 Å². The van der Waals surface area contributed by atoms with Crippen molar-refractivity contribution in [3.8, 4) is 11.5 Å². The van der Waals surface area contributed by atoms with Gasteiger partial charge in [-0.15, -0.1) is 10.2 Å². The van der Waals surface area contributed by atoms with Crippen molar-refractivity contribution < 1.29 is 18.7 Å². The summed E-state index contributed by atoms with van der Waals surface area (Å²) in [5.41, 5.74) is 1.18. The summed E-state index contributed by atoms with van der Waals surface area (Å²) < 4.78 is 24.4. The predicted molar refractivity (Wildman–Crippen MR) is 103 cm³/mol. The minimum absolute atomic E-state index is 0.273. The van der Waals surface area contributed by atoms with Crippen molar-refractivity contribution in [2.45, 2.75) is 10.1 Å². The lowest BCUT2D eigenvalue weighted by molar-refractivity contribution is 0.102. The highest BCUT2D eigenvalue weighted by molar-refractivity contribution is 8.00. The van der Waals surface area contributed by atoms with E-state index >= 15 is 0 Å². The lowest BCUT2D eigenvalue weighted by Crippen LogP contribution is -2.13. The molecule has 6 nitrogen and oxygen atoms in total. The van der Waals surface area contributed by atoms with Gasteiger partial charge in [0.2, 0.25) is 5.13 Å². The average molecular weight is 405 g/mol. The van der Waals surface area contributed by atoms with Crippen LogP contribution in [-0.4, -0.2) is 30.3 Å². The van der Waals surface area contributed by atoms with Gasteiger partial charge in [-0.2, -0.15) is 0 Å². The summed E-state index contributed by atoms with van der Waals surface area (Å²) in [4.78, 5) is 12.5. The molecule has 0 bridgehead atoms. The molecular weight excluding hydrogens is 389 g/mol. The van der Waals surface area contributed by atoms with E-state index in [0.717, 1.165) is 5.56 Å². The first-order chi connectivity index (χ1) is 13.1. The van der Waals surface area contributed by atoms with Gasteiger partial charge in [-0.05, 0) is 29.8 Å². The van der Waals surface area contributed by atoms with Gasteiger partial charge in [0, 0.05) is 5.75 Å². The monoisotopic (exact) mass is 405 g/mol.